The van der Waals surface area contributed by atoms with E-state index in [0.29, 0.717) is 38.5 Å². The van der Waals surface area contributed by atoms with E-state index in [9.17, 15) is 43.2 Å². The molecule has 17 nitrogen and oxygen atoms in total. The SMILES string of the molecule is CC/C=C\C/C=C\C/C=C\C/C=C\C/C=C\C/C=C\CCC(=O)OCC(COP(=O)(O)OCC(O)COP(=O)(O)OCC(COC(=O)CCCCC/C=C\C/C=C\C/C=C\C/C=C\C/C=C\CC)OC(=O)CCCCCCCCCCCCC)OC(=O)CC/C=C\C/C=C\C/C=C\C/C=C\C/C=C\C/C=C\CC. The number of carbonyl (C=O) groups excluding carboxylic acids is 4. The summed E-state index contributed by atoms with van der Waals surface area (Å²) in [4.78, 5) is 73.0. The van der Waals surface area contributed by atoms with Crippen molar-refractivity contribution in [3.05, 3.63) is 207 Å². The zero-order valence-corrected chi connectivity index (χ0v) is 68.2. The number of hydrogen-bond donors (Lipinski definition) is 3. The van der Waals surface area contributed by atoms with Crippen molar-refractivity contribution in [2.75, 3.05) is 39.6 Å². The van der Waals surface area contributed by atoms with Crippen LogP contribution in [0.1, 0.15) is 272 Å². The summed E-state index contributed by atoms with van der Waals surface area (Å²) in [5.41, 5.74) is 0. The first kappa shape index (κ1) is 102. The van der Waals surface area contributed by atoms with Crippen LogP contribution in [0.15, 0.2) is 207 Å². The number of rotatable bonds is 73. The topological polar surface area (TPSA) is 237 Å². The minimum atomic E-state index is -5.03. The highest BCUT2D eigenvalue weighted by molar-refractivity contribution is 7.47. The highest BCUT2D eigenvalue weighted by Gasteiger charge is 2.30. The van der Waals surface area contributed by atoms with Gasteiger partial charge in [-0.2, -0.15) is 0 Å². The Morgan fingerprint density at radius 3 is 0.815 bits per heavy atom. The second-order valence-corrected chi connectivity index (χ2v) is 28.8. The summed E-state index contributed by atoms with van der Waals surface area (Å²) < 4.78 is 68.4. The number of hydrogen-bond acceptors (Lipinski definition) is 15. The molecule has 0 fully saturated rings. The molecule has 0 saturated heterocycles. The largest absolute Gasteiger partial charge is 0.472 e. The predicted octanol–water partition coefficient (Wildman–Crippen LogP) is 23.9. The van der Waals surface area contributed by atoms with E-state index in [1.165, 1.54) is 38.5 Å². The van der Waals surface area contributed by atoms with Crippen LogP contribution in [-0.2, 0) is 65.4 Å². The van der Waals surface area contributed by atoms with Gasteiger partial charge in [0.05, 0.1) is 26.4 Å². The van der Waals surface area contributed by atoms with Gasteiger partial charge in [0.15, 0.2) is 12.2 Å². The van der Waals surface area contributed by atoms with Crippen LogP contribution in [0.25, 0.3) is 0 Å². The third-order valence-electron chi connectivity index (χ3n) is 15.8. The molecule has 0 heterocycles. The van der Waals surface area contributed by atoms with Gasteiger partial charge in [-0.25, -0.2) is 9.13 Å². The molecule has 0 bridgehead atoms. The Morgan fingerprint density at radius 2 is 0.500 bits per heavy atom. The van der Waals surface area contributed by atoms with Gasteiger partial charge in [0.2, 0.25) is 0 Å². The molecule has 0 aromatic heterocycles. The standard InChI is InChI=1S/C89H140O17P2/c1-5-9-13-17-21-25-29-32-35-38-41-44-47-50-54-57-61-65-69-73-86(91)99-79-84(105-88(93)75-71-67-63-59-53-28-24-20-16-12-8-4)81-103-107(95,96)101-77-83(90)78-102-108(97,98)104-82-85(106-89(94)76-72-68-64-60-56-52-49-46-43-40-37-34-31-27-23-19-15-11-7-3)80-100-87(92)74-70-66-62-58-55-51-48-45-42-39-36-33-30-26-22-18-14-10-6-2/h9-11,13-15,21-23,25-27,32-37,41-46,50-52,54-56,62,64,66,68,83-85,90H,5-8,12,16-20,24,28-31,38-40,47-49,53,57-61,63,65,67,69-82H2,1-4H3,(H,95,96)(H,97,98)/b13-9-,14-10-,15-11-,25-21-,26-22-,27-23-,35-32-,36-33-,37-34-,44-41-,45-42-,46-43-,54-50-,55-51-,56-52-,66-62-,68-64-. The fourth-order valence-electron chi connectivity index (χ4n) is 9.77. The molecule has 0 amide bonds. The highest BCUT2D eigenvalue weighted by atomic mass is 31.2. The lowest BCUT2D eigenvalue weighted by Gasteiger charge is -2.21. The number of aliphatic hydroxyl groups is 1. The molecule has 19 heteroatoms. The molecule has 0 spiro atoms. The number of aliphatic hydroxyl groups excluding tert-OH is 1. The van der Waals surface area contributed by atoms with Gasteiger partial charge < -0.3 is 33.8 Å². The molecule has 608 valence electrons. The Hall–Kier alpha value is -6.36. The van der Waals surface area contributed by atoms with E-state index in [0.717, 1.165) is 141 Å². The zero-order chi connectivity index (χ0) is 78.9. The maximum Gasteiger partial charge on any atom is 0.472 e. The van der Waals surface area contributed by atoms with Crippen molar-refractivity contribution in [2.45, 2.75) is 290 Å². The molecule has 5 atom stereocenters. The van der Waals surface area contributed by atoms with Crippen LogP contribution in [-0.4, -0.2) is 96.7 Å². The molecule has 5 unspecified atom stereocenters. The molecule has 0 rings (SSSR count). The molecule has 3 N–H and O–H groups in total. The van der Waals surface area contributed by atoms with Crippen LogP contribution < -0.4 is 0 Å². The predicted molar refractivity (Wildman–Crippen MR) is 445 cm³/mol. The number of esters is 4. The third-order valence-corrected chi connectivity index (χ3v) is 17.7. The summed E-state index contributed by atoms with van der Waals surface area (Å²) in [6.45, 7) is 4.28. The first-order chi connectivity index (χ1) is 52.7. The molecular formula is C89H140O17P2. The summed E-state index contributed by atoms with van der Waals surface area (Å²) in [7, 11) is -10.0. The molecule has 0 aromatic rings. The van der Waals surface area contributed by atoms with Crippen LogP contribution in [0, 0.1) is 0 Å². The summed E-state index contributed by atoms with van der Waals surface area (Å²) in [6.07, 6.45) is 98.4. The maximum atomic E-state index is 13.1. The quantitative estimate of drug-likeness (QED) is 0.0169. The molecule has 0 aliphatic carbocycles. The van der Waals surface area contributed by atoms with Crippen molar-refractivity contribution in [3.8, 4) is 0 Å². The first-order valence-electron chi connectivity index (χ1n) is 40.3. The zero-order valence-electron chi connectivity index (χ0n) is 66.4. The van der Waals surface area contributed by atoms with Crippen LogP contribution >= 0.6 is 15.6 Å². The second kappa shape index (κ2) is 78.8. The van der Waals surface area contributed by atoms with Crippen molar-refractivity contribution in [3.63, 3.8) is 0 Å². The minimum Gasteiger partial charge on any atom is -0.462 e. The fraction of sp³-hybridized carbons (Fsp3) is 0.573. The van der Waals surface area contributed by atoms with E-state index in [4.69, 9.17) is 37.0 Å². The van der Waals surface area contributed by atoms with Crippen LogP contribution in [0.5, 0.6) is 0 Å². The smallest absolute Gasteiger partial charge is 0.462 e. The molecule has 0 aliphatic heterocycles. The number of phosphoric ester groups is 2. The molecule has 108 heavy (non-hydrogen) atoms. The minimum absolute atomic E-state index is 0.0113. The van der Waals surface area contributed by atoms with Crippen LogP contribution in [0.3, 0.4) is 0 Å². The number of phosphoric acid groups is 2. The van der Waals surface area contributed by atoms with Gasteiger partial charge in [0.25, 0.3) is 0 Å². The van der Waals surface area contributed by atoms with E-state index < -0.39 is 97.5 Å². The van der Waals surface area contributed by atoms with Crippen molar-refractivity contribution in [1.29, 1.82) is 0 Å². The lowest BCUT2D eigenvalue weighted by molar-refractivity contribution is -0.161. The Bertz CT molecular complexity index is 2860. The van der Waals surface area contributed by atoms with Gasteiger partial charge in [0, 0.05) is 25.7 Å². The Balaban J connectivity index is 5.53. The number of allylic oxidation sites excluding steroid dienone is 34. The van der Waals surface area contributed by atoms with Crippen LogP contribution in [0.4, 0.5) is 0 Å². The van der Waals surface area contributed by atoms with E-state index >= 15 is 0 Å². The average Bonchev–Trinajstić information content (AvgIpc) is 0.917. The number of carbonyl (C=O) groups is 4. The van der Waals surface area contributed by atoms with Gasteiger partial charge >= 0.3 is 39.5 Å². The van der Waals surface area contributed by atoms with Crippen molar-refractivity contribution in [1.82, 2.24) is 0 Å². The molecule has 0 saturated carbocycles. The van der Waals surface area contributed by atoms with E-state index in [-0.39, 0.29) is 25.7 Å². The maximum absolute atomic E-state index is 13.1. The van der Waals surface area contributed by atoms with Crippen LogP contribution in [0.2, 0.25) is 0 Å². The normalized spacial score (nSPS) is 14.9. The molecule has 0 radical (unpaired) electrons. The highest BCUT2D eigenvalue weighted by Crippen LogP contribution is 2.45. The molecule has 0 aromatic carbocycles. The summed E-state index contributed by atoms with van der Waals surface area (Å²) >= 11 is 0. The summed E-state index contributed by atoms with van der Waals surface area (Å²) in [5, 5.41) is 10.6. The average molecular weight is 1540 g/mol. The third kappa shape index (κ3) is 77.8. The Kier molecular flexibility index (Phi) is 74.1. The van der Waals surface area contributed by atoms with Gasteiger partial charge in [0.1, 0.15) is 19.3 Å². The van der Waals surface area contributed by atoms with Crippen molar-refractivity contribution in [2.24, 2.45) is 0 Å². The number of unbranched alkanes of at least 4 members (excludes halogenated alkanes) is 13. The second-order valence-electron chi connectivity index (χ2n) is 25.9. The van der Waals surface area contributed by atoms with E-state index in [1.807, 2.05) is 36.5 Å². The fourth-order valence-corrected chi connectivity index (χ4v) is 11.3. The van der Waals surface area contributed by atoms with Gasteiger partial charge in [-0.15, -0.1) is 0 Å². The monoisotopic (exact) mass is 1540 g/mol. The Morgan fingerprint density at radius 1 is 0.269 bits per heavy atom. The van der Waals surface area contributed by atoms with E-state index in [1.54, 1.807) is 0 Å². The summed E-state index contributed by atoms with van der Waals surface area (Å²) in [6, 6.07) is 0. The van der Waals surface area contributed by atoms with Crippen molar-refractivity contribution >= 4 is 39.5 Å². The molecular weight excluding hydrogens is 1400 g/mol. The van der Waals surface area contributed by atoms with Gasteiger partial charge in [-0.3, -0.25) is 37.3 Å². The Labute approximate surface area is 652 Å². The van der Waals surface area contributed by atoms with Crippen molar-refractivity contribution < 1.29 is 80.2 Å². The lowest BCUT2D eigenvalue weighted by atomic mass is 10.1. The first-order valence-corrected chi connectivity index (χ1v) is 43.3. The summed E-state index contributed by atoms with van der Waals surface area (Å²) in [5.74, 6) is -2.43. The number of ether oxygens (including phenoxy) is 4. The lowest BCUT2D eigenvalue weighted by Crippen LogP contribution is -2.30. The van der Waals surface area contributed by atoms with E-state index in [2.05, 4.69) is 198 Å². The van der Waals surface area contributed by atoms with Gasteiger partial charge in [-0.1, -0.05) is 305 Å². The van der Waals surface area contributed by atoms with Gasteiger partial charge in [-0.05, 0) is 148 Å². The molecule has 0 aliphatic rings.